The molecular formula is C22H25N9. The fourth-order valence-electron chi connectivity index (χ4n) is 4.54. The lowest BCUT2D eigenvalue weighted by atomic mass is 10.1. The van der Waals surface area contributed by atoms with Crippen molar-refractivity contribution in [3.8, 4) is 11.4 Å². The Morgan fingerprint density at radius 3 is 2.65 bits per heavy atom. The number of rotatable bonds is 5. The van der Waals surface area contributed by atoms with Crippen molar-refractivity contribution in [3.63, 3.8) is 0 Å². The predicted molar refractivity (Wildman–Crippen MR) is 117 cm³/mol. The molecule has 1 fully saturated rings. The van der Waals surface area contributed by atoms with Crippen molar-refractivity contribution >= 4 is 17.0 Å². The van der Waals surface area contributed by atoms with Crippen LogP contribution < -0.4 is 5.32 Å². The first-order valence-electron chi connectivity index (χ1n) is 11.0. The zero-order valence-electron chi connectivity index (χ0n) is 17.8. The topological polar surface area (TPSA) is 99.2 Å². The third kappa shape index (κ3) is 3.15. The molecular weight excluding hydrogens is 390 g/mol. The predicted octanol–water partition coefficient (Wildman–Crippen LogP) is 3.11. The average Bonchev–Trinajstić information content (AvgIpc) is 3.43. The number of hydrogen-bond acceptors (Lipinski definition) is 7. The maximum atomic E-state index is 4.92. The molecule has 5 heterocycles. The highest BCUT2D eigenvalue weighted by atomic mass is 15.2. The van der Waals surface area contributed by atoms with Crippen LogP contribution >= 0.6 is 0 Å². The summed E-state index contributed by atoms with van der Waals surface area (Å²) < 4.78 is 4.51. The second-order valence-electron chi connectivity index (χ2n) is 8.46. The summed E-state index contributed by atoms with van der Waals surface area (Å²) in [5, 5.41) is 3.66. The smallest absolute Gasteiger partial charge is 0.165 e. The van der Waals surface area contributed by atoms with Crippen LogP contribution in [-0.2, 0) is 19.5 Å². The van der Waals surface area contributed by atoms with Gasteiger partial charge in [-0.15, -0.1) is 0 Å². The van der Waals surface area contributed by atoms with Gasteiger partial charge in [0.25, 0.3) is 0 Å². The summed E-state index contributed by atoms with van der Waals surface area (Å²) in [7, 11) is 0. The van der Waals surface area contributed by atoms with Gasteiger partial charge in [0.1, 0.15) is 23.8 Å². The van der Waals surface area contributed by atoms with Gasteiger partial charge in [0, 0.05) is 55.8 Å². The molecule has 0 bridgehead atoms. The molecule has 0 saturated heterocycles. The van der Waals surface area contributed by atoms with Crippen molar-refractivity contribution in [1.29, 1.82) is 0 Å². The molecule has 2 aliphatic rings. The van der Waals surface area contributed by atoms with Gasteiger partial charge in [-0.3, -0.25) is 0 Å². The maximum absolute atomic E-state index is 4.92. The number of fused-ring (bicyclic) bond motifs is 2. The van der Waals surface area contributed by atoms with Gasteiger partial charge in [-0.25, -0.2) is 29.9 Å². The number of nitrogens with one attached hydrogen (secondary N) is 1. The van der Waals surface area contributed by atoms with Crippen molar-refractivity contribution in [2.45, 2.75) is 64.6 Å². The van der Waals surface area contributed by atoms with Crippen LogP contribution in [0, 0.1) is 6.92 Å². The summed E-state index contributed by atoms with van der Waals surface area (Å²) in [6.07, 6.45) is 11.9. The Labute approximate surface area is 180 Å². The Hall–Kier alpha value is -3.36. The Kier molecular flexibility index (Phi) is 4.22. The van der Waals surface area contributed by atoms with E-state index in [0.717, 1.165) is 60.1 Å². The van der Waals surface area contributed by atoms with Gasteiger partial charge in [-0.1, -0.05) is 0 Å². The first-order chi connectivity index (χ1) is 15.2. The first-order valence-corrected chi connectivity index (χ1v) is 11.0. The molecule has 0 aromatic carbocycles. The van der Waals surface area contributed by atoms with Crippen LogP contribution in [0.5, 0.6) is 0 Å². The molecule has 0 amide bonds. The summed E-state index contributed by atoms with van der Waals surface area (Å²) in [5.41, 5.74) is 3.89. The molecule has 31 heavy (non-hydrogen) atoms. The summed E-state index contributed by atoms with van der Waals surface area (Å²) >= 11 is 0. The van der Waals surface area contributed by atoms with Crippen molar-refractivity contribution in [3.05, 3.63) is 42.3 Å². The lowest BCUT2D eigenvalue weighted by Gasteiger charge is -2.26. The van der Waals surface area contributed by atoms with E-state index >= 15 is 0 Å². The van der Waals surface area contributed by atoms with Gasteiger partial charge in [0.2, 0.25) is 0 Å². The molecule has 1 atom stereocenters. The first kappa shape index (κ1) is 18.4. The van der Waals surface area contributed by atoms with Crippen molar-refractivity contribution in [2.24, 2.45) is 0 Å². The lowest BCUT2D eigenvalue weighted by molar-refractivity contribution is 0.465. The third-order valence-corrected chi connectivity index (χ3v) is 6.31. The third-order valence-electron chi connectivity index (χ3n) is 6.31. The molecule has 4 aromatic rings. The maximum Gasteiger partial charge on any atom is 0.165 e. The number of imidazole rings is 2. The molecule has 1 aliphatic carbocycles. The van der Waals surface area contributed by atoms with E-state index in [1.54, 1.807) is 6.33 Å². The Bertz CT molecular complexity index is 1250. The summed E-state index contributed by atoms with van der Waals surface area (Å²) in [6.45, 7) is 5.64. The van der Waals surface area contributed by atoms with Gasteiger partial charge in [-0.2, -0.15) is 0 Å². The van der Waals surface area contributed by atoms with Gasteiger partial charge < -0.3 is 14.5 Å². The molecule has 158 valence electrons. The Balaban J connectivity index is 1.34. The summed E-state index contributed by atoms with van der Waals surface area (Å²) in [6, 6.07) is 0.287. The van der Waals surface area contributed by atoms with Crippen LogP contribution in [0.2, 0.25) is 0 Å². The van der Waals surface area contributed by atoms with Crippen LogP contribution in [0.3, 0.4) is 0 Å². The molecule has 1 saturated carbocycles. The van der Waals surface area contributed by atoms with Crippen LogP contribution in [0.25, 0.3) is 22.6 Å². The van der Waals surface area contributed by atoms with Crippen molar-refractivity contribution in [2.75, 3.05) is 5.32 Å². The standard InChI is InChI=1S/C22H25N9/c1-3-30-21(15-8-23-13(2)24-9-15)29-19-20(26-12-27-22(19)30)28-16-6-7-18-25-10-17(14-4-5-14)31(18)11-16/h8-10,12,14,16H,3-7,11H2,1-2H3,(H,26,27,28)/t16-/m1/s1. The van der Waals surface area contributed by atoms with Crippen LogP contribution in [0.1, 0.15) is 49.4 Å². The molecule has 4 aromatic heterocycles. The van der Waals surface area contributed by atoms with E-state index < -0.39 is 0 Å². The van der Waals surface area contributed by atoms with Gasteiger partial charge in [0.15, 0.2) is 17.0 Å². The lowest BCUT2D eigenvalue weighted by Crippen LogP contribution is -2.32. The number of anilines is 1. The highest BCUT2D eigenvalue weighted by Crippen LogP contribution is 2.41. The van der Waals surface area contributed by atoms with Crippen LogP contribution in [0.4, 0.5) is 5.82 Å². The molecule has 6 rings (SSSR count). The fraction of sp³-hybridized carbons (Fsp3) is 0.455. The van der Waals surface area contributed by atoms with E-state index in [9.17, 15) is 0 Å². The van der Waals surface area contributed by atoms with Gasteiger partial charge in [0.05, 0.1) is 5.56 Å². The highest BCUT2D eigenvalue weighted by molar-refractivity contribution is 5.86. The molecule has 0 spiro atoms. The van der Waals surface area contributed by atoms with E-state index in [-0.39, 0.29) is 6.04 Å². The Morgan fingerprint density at radius 2 is 1.87 bits per heavy atom. The van der Waals surface area contributed by atoms with E-state index in [2.05, 4.69) is 52.5 Å². The van der Waals surface area contributed by atoms with Gasteiger partial charge in [-0.05, 0) is 33.1 Å². The minimum Gasteiger partial charge on any atom is -0.364 e. The minimum atomic E-state index is 0.287. The van der Waals surface area contributed by atoms with E-state index in [1.807, 2.05) is 19.3 Å². The number of nitrogens with zero attached hydrogens (tertiary/aromatic N) is 8. The summed E-state index contributed by atoms with van der Waals surface area (Å²) in [5.74, 6) is 4.26. The Morgan fingerprint density at radius 1 is 1.03 bits per heavy atom. The SMILES string of the molecule is CCn1c(-c2cnc(C)nc2)nc2c(N[C@@H]3CCc4ncc(C5CC5)n4C3)ncnc21. The average molecular weight is 416 g/mol. The zero-order valence-corrected chi connectivity index (χ0v) is 17.8. The minimum absolute atomic E-state index is 0.287. The van der Waals surface area contributed by atoms with Crippen molar-refractivity contribution < 1.29 is 0 Å². The monoisotopic (exact) mass is 415 g/mol. The quantitative estimate of drug-likeness (QED) is 0.535. The number of hydrogen-bond donors (Lipinski definition) is 1. The van der Waals surface area contributed by atoms with Gasteiger partial charge >= 0.3 is 0 Å². The zero-order chi connectivity index (χ0) is 20.9. The van der Waals surface area contributed by atoms with Crippen LogP contribution in [-0.4, -0.2) is 45.1 Å². The molecule has 1 N–H and O–H groups in total. The second-order valence-corrected chi connectivity index (χ2v) is 8.46. The largest absolute Gasteiger partial charge is 0.364 e. The molecule has 9 nitrogen and oxygen atoms in total. The molecule has 0 unspecified atom stereocenters. The van der Waals surface area contributed by atoms with E-state index in [1.165, 1.54) is 24.4 Å². The fourth-order valence-corrected chi connectivity index (χ4v) is 4.54. The normalized spacial score (nSPS) is 18.3. The van der Waals surface area contributed by atoms with Crippen molar-refractivity contribution in [1.82, 2.24) is 39.0 Å². The highest BCUT2D eigenvalue weighted by Gasteiger charge is 2.31. The number of aryl methyl sites for hydroxylation is 3. The van der Waals surface area contributed by atoms with E-state index in [4.69, 9.17) is 4.98 Å². The number of aromatic nitrogens is 8. The molecule has 9 heteroatoms. The second kappa shape index (κ2) is 7.11. The summed E-state index contributed by atoms with van der Waals surface area (Å²) in [4.78, 5) is 27.3. The van der Waals surface area contributed by atoms with Crippen LogP contribution in [0.15, 0.2) is 24.9 Å². The van der Waals surface area contributed by atoms with E-state index in [0.29, 0.717) is 5.92 Å². The molecule has 1 aliphatic heterocycles. The molecule has 0 radical (unpaired) electrons.